The van der Waals surface area contributed by atoms with E-state index in [1.165, 1.54) is 12.5 Å². The highest BCUT2D eigenvalue weighted by molar-refractivity contribution is 7.89. The van der Waals surface area contributed by atoms with Crippen molar-refractivity contribution in [3.8, 4) is 0 Å². The minimum Gasteiger partial charge on any atom is -0.399 e. The fourth-order valence-corrected chi connectivity index (χ4v) is 3.06. The van der Waals surface area contributed by atoms with Gasteiger partial charge in [-0.1, -0.05) is 6.92 Å². The first-order valence-electron chi connectivity index (χ1n) is 6.54. The average Bonchev–Trinajstić information content (AvgIpc) is 2.52. The van der Waals surface area contributed by atoms with Gasteiger partial charge in [0.05, 0.1) is 4.90 Å². The van der Waals surface area contributed by atoms with E-state index in [0.717, 1.165) is 31.6 Å². The summed E-state index contributed by atoms with van der Waals surface area (Å²) in [6.07, 6.45) is 3.43. The van der Waals surface area contributed by atoms with Gasteiger partial charge in [0.25, 0.3) is 0 Å². The number of anilines is 2. The second kappa shape index (κ2) is 5.38. The molecule has 19 heavy (non-hydrogen) atoms. The first-order chi connectivity index (χ1) is 8.86. The standard InChI is InChI=1S/C13H21N3O2S/c1-10-3-2-5-16(6-4-10)12-7-11(14)8-13(9-12)19(15,17)18/h7-10H,2-6,14H2,1H3,(H2,15,17,18). The normalized spacial score (nSPS) is 21.2. The van der Waals surface area contributed by atoms with Crippen molar-refractivity contribution < 1.29 is 8.42 Å². The highest BCUT2D eigenvalue weighted by Crippen LogP contribution is 2.26. The lowest BCUT2D eigenvalue weighted by Crippen LogP contribution is -2.25. The molecule has 2 rings (SSSR count). The topological polar surface area (TPSA) is 89.4 Å². The summed E-state index contributed by atoms with van der Waals surface area (Å²) in [4.78, 5) is 2.27. The van der Waals surface area contributed by atoms with Crippen molar-refractivity contribution in [3.63, 3.8) is 0 Å². The zero-order valence-electron chi connectivity index (χ0n) is 11.2. The fraction of sp³-hybridized carbons (Fsp3) is 0.538. The van der Waals surface area contributed by atoms with Gasteiger partial charge < -0.3 is 10.6 Å². The van der Waals surface area contributed by atoms with Crippen LogP contribution in [0.15, 0.2) is 23.1 Å². The Morgan fingerprint density at radius 1 is 1.21 bits per heavy atom. The molecule has 0 spiro atoms. The van der Waals surface area contributed by atoms with Crippen molar-refractivity contribution in [3.05, 3.63) is 18.2 Å². The lowest BCUT2D eigenvalue weighted by Gasteiger charge is -2.23. The van der Waals surface area contributed by atoms with Gasteiger partial charge in [-0.3, -0.25) is 0 Å². The predicted molar refractivity (Wildman–Crippen MR) is 77.5 cm³/mol. The van der Waals surface area contributed by atoms with E-state index in [2.05, 4.69) is 11.8 Å². The molecule has 1 unspecified atom stereocenters. The number of rotatable bonds is 2. The number of nitrogens with zero attached hydrogens (tertiary/aromatic N) is 1. The lowest BCUT2D eigenvalue weighted by atomic mass is 10.0. The second-order valence-electron chi connectivity index (χ2n) is 5.33. The average molecular weight is 283 g/mol. The van der Waals surface area contributed by atoms with Gasteiger partial charge >= 0.3 is 0 Å². The van der Waals surface area contributed by atoms with Crippen LogP contribution in [0.1, 0.15) is 26.2 Å². The smallest absolute Gasteiger partial charge is 0.238 e. The van der Waals surface area contributed by atoms with Gasteiger partial charge in [-0.15, -0.1) is 0 Å². The molecule has 1 atom stereocenters. The molecule has 5 nitrogen and oxygen atoms in total. The van der Waals surface area contributed by atoms with Gasteiger partial charge in [0.1, 0.15) is 0 Å². The molecule has 1 aliphatic rings. The molecule has 6 heteroatoms. The summed E-state index contributed by atoms with van der Waals surface area (Å²) >= 11 is 0. The number of sulfonamides is 1. The molecule has 0 amide bonds. The molecule has 1 saturated heterocycles. The summed E-state index contributed by atoms with van der Waals surface area (Å²) in [6, 6.07) is 4.83. The zero-order chi connectivity index (χ0) is 14.0. The monoisotopic (exact) mass is 283 g/mol. The maximum atomic E-state index is 11.4. The summed E-state index contributed by atoms with van der Waals surface area (Å²) in [6.45, 7) is 4.10. The number of hydrogen-bond acceptors (Lipinski definition) is 4. The third-order valence-electron chi connectivity index (χ3n) is 3.62. The molecule has 1 aromatic rings. The van der Waals surface area contributed by atoms with E-state index in [1.54, 1.807) is 6.07 Å². The quantitative estimate of drug-likeness (QED) is 0.806. The van der Waals surface area contributed by atoms with Crippen molar-refractivity contribution in [1.82, 2.24) is 0 Å². The molecule has 4 N–H and O–H groups in total. The number of hydrogen-bond donors (Lipinski definition) is 2. The number of nitrogen functional groups attached to an aromatic ring is 1. The van der Waals surface area contributed by atoms with Crippen LogP contribution in [-0.2, 0) is 10.0 Å². The van der Waals surface area contributed by atoms with E-state index in [0.29, 0.717) is 11.6 Å². The Balaban J connectivity index is 2.31. The molecule has 1 aliphatic heterocycles. The third kappa shape index (κ3) is 3.61. The largest absolute Gasteiger partial charge is 0.399 e. The summed E-state index contributed by atoms with van der Waals surface area (Å²) in [5, 5.41) is 5.18. The van der Waals surface area contributed by atoms with Crippen LogP contribution >= 0.6 is 0 Å². The summed E-state index contributed by atoms with van der Waals surface area (Å²) in [5.74, 6) is 0.712. The van der Waals surface area contributed by atoms with Crippen LogP contribution < -0.4 is 15.8 Å². The Morgan fingerprint density at radius 2 is 1.95 bits per heavy atom. The molecule has 0 aliphatic carbocycles. The van der Waals surface area contributed by atoms with E-state index in [1.807, 2.05) is 6.07 Å². The maximum Gasteiger partial charge on any atom is 0.238 e. The Morgan fingerprint density at radius 3 is 2.63 bits per heavy atom. The molecule has 106 valence electrons. The Bertz CT molecular complexity index is 557. The highest BCUT2D eigenvalue weighted by atomic mass is 32.2. The highest BCUT2D eigenvalue weighted by Gasteiger charge is 2.17. The molecule has 1 fully saturated rings. The van der Waals surface area contributed by atoms with Gasteiger partial charge in [-0.25, -0.2) is 13.6 Å². The number of benzene rings is 1. The van der Waals surface area contributed by atoms with Crippen molar-refractivity contribution in [2.24, 2.45) is 11.1 Å². The second-order valence-corrected chi connectivity index (χ2v) is 6.89. The molecular weight excluding hydrogens is 262 g/mol. The Hall–Kier alpha value is -1.27. The predicted octanol–water partition coefficient (Wildman–Crippen LogP) is 1.54. The van der Waals surface area contributed by atoms with Gasteiger partial charge in [-0.2, -0.15) is 0 Å². The molecule has 0 saturated carbocycles. The molecule has 0 bridgehead atoms. The summed E-state index contributed by atoms with van der Waals surface area (Å²) in [7, 11) is -3.71. The van der Waals surface area contributed by atoms with Gasteiger partial charge in [0.2, 0.25) is 10.0 Å². The van der Waals surface area contributed by atoms with E-state index < -0.39 is 10.0 Å². The minimum atomic E-state index is -3.71. The van der Waals surface area contributed by atoms with Gasteiger partial charge in [0, 0.05) is 24.5 Å². The Labute approximate surface area is 114 Å². The van der Waals surface area contributed by atoms with Gasteiger partial charge in [0.15, 0.2) is 0 Å². The van der Waals surface area contributed by atoms with E-state index in [9.17, 15) is 8.42 Å². The van der Waals surface area contributed by atoms with Crippen molar-refractivity contribution in [2.75, 3.05) is 23.7 Å². The van der Waals surface area contributed by atoms with Gasteiger partial charge in [-0.05, 0) is 43.4 Å². The zero-order valence-corrected chi connectivity index (χ0v) is 12.0. The first-order valence-corrected chi connectivity index (χ1v) is 8.09. The first kappa shape index (κ1) is 14.1. The molecule has 0 radical (unpaired) electrons. The maximum absolute atomic E-state index is 11.4. The molecular formula is C13H21N3O2S. The van der Waals surface area contributed by atoms with Crippen molar-refractivity contribution in [1.29, 1.82) is 0 Å². The molecule has 1 heterocycles. The lowest BCUT2D eigenvalue weighted by molar-refractivity contribution is 0.521. The van der Waals surface area contributed by atoms with Crippen LogP contribution in [0, 0.1) is 5.92 Å². The van der Waals surface area contributed by atoms with Crippen LogP contribution in [0.4, 0.5) is 11.4 Å². The summed E-state index contributed by atoms with van der Waals surface area (Å²) < 4.78 is 22.9. The van der Waals surface area contributed by atoms with Crippen LogP contribution in [0.5, 0.6) is 0 Å². The molecule has 0 aromatic heterocycles. The molecule has 1 aromatic carbocycles. The van der Waals surface area contributed by atoms with E-state index in [-0.39, 0.29) is 4.90 Å². The number of nitrogens with two attached hydrogens (primary N) is 2. The fourth-order valence-electron chi connectivity index (χ4n) is 2.47. The number of primary sulfonamides is 1. The third-order valence-corrected chi connectivity index (χ3v) is 4.52. The van der Waals surface area contributed by atoms with Crippen molar-refractivity contribution in [2.45, 2.75) is 31.1 Å². The summed E-state index contributed by atoms with van der Waals surface area (Å²) in [5.41, 5.74) is 7.06. The minimum absolute atomic E-state index is 0.0831. The van der Waals surface area contributed by atoms with Crippen LogP contribution in [0.25, 0.3) is 0 Å². The van der Waals surface area contributed by atoms with Crippen LogP contribution in [0.2, 0.25) is 0 Å². The Kier molecular flexibility index (Phi) is 4.01. The van der Waals surface area contributed by atoms with E-state index >= 15 is 0 Å². The SMILES string of the molecule is CC1CCCN(c2cc(N)cc(S(N)(=O)=O)c2)CC1. The van der Waals surface area contributed by atoms with Crippen molar-refractivity contribution >= 4 is 21.4 Å². The van der Waals surface area contributed by atoms with E-state index in [4.69, 9.17) is 10.9 Å². The van der Waals surface area contributed by atoms with Crippen LogP contribution in [0.3, 0.4) is 0 Å². The van der Waals surface area contributed by atoms with Crippen LogP contribution in [-0.4, -0.2) is 21.5 Å².